The number of hydrogen-bond acceptors (Lipinski definition) is 14. The van der Waals surface area contributed by atoms with E-state index in [1.165, 1.54) is 31.4 Å². The summed E-state index contributed by atoms with van der Waals surface area (Å²) in [5.74, 6) is -0.901. The zero-order chi connectivity index (χ0) is 45.2. The van der Waals surface area contributed by atoms with E-state index in [4.69, 9.17) is 0 Å². The van der Waals surface area contributed by atoms with E-state index in [0.29, 0.717) is 55.2 Å². The molecule has 1 spiro atoms. The number of piperidine rings is 3. The van der Waals surface area contributed by atoms with Crippen LogP contribution in [0.1, 0.15) is 106 Å². The van der Waals surface area contributed by atoms with E-state index in [1.54, 1.807) is 4.90 Å². The Labute approximate surface area is 388 Å². The van der Waals surface area contributed by atoms with Crippen molar-refractivity contribution >= 4 is 40.7 Å². The maximum atomic E-state index is 13.8. The first-order valence-corrected chi connectivity index (χ1v) is 25.0. The Morgan fingerprint density at radius 2 is 1.61 bits per heavy atom. The molecule has 2 bridgehead atoms. The molecule has 9 aliphatic rings. The predicted octanol–water partition coefficient (Wildman–Crippen LogP) is 2.65. The number of aliphatic hydroxyl groups is 1. The van der Waals surface area contributed by atoms with Gasteiger partial charge in [-0.1, -0.05) is 12.2 Å². The fraction of sp³-hybridized carbons (Fsp3) is 0.653. The summed E-state index contributed by atoms with van der Waals surface area (Å²) in [5, 5.41) is 32.6. The van der Waals surface area contributed by atoms with Crippen LogP contribution in [0.4, 0.5) is 17.1 Å². The average molecular weight is 905 g/mol. The van der Waals surface area contributed by atoms with Crippen molar-refractivity contribution in [3.05, 3.63) is 59.9 Å². The summed E-state index contributed by atoms with van der Waals surface area (Å²) in [6.07, 6.45) is 17.9. The monoisotopic (exact) mass is 905 g/mol. The summed E-state index contributed by atoms with van der Waals surface area (Å²) in [6.45, 7) is 9.47. The number of anilines is 3. The maximum Gasteiger partial charge on any atom is 0.256 e. The molecule has 1 aromatic carbocycles. The van der Waals surface area contributed by atoms with Gasteiger partial charge in [-0.15, -0.1) is 0 Å². The number of allylic oxidation sites excluding steroid dienone is 1. The van der Waals surface area contributed by atoms with Crippen LogP contribution in [0.2, 0.25) is 0 Å². The van der Waals surface area contributed by atoms with Gasteiger partial charge in [0, 0.05) is 75.7 Å². The molecule has 1 saturated carbocycles. The number of benzene rings is 1. The van der Waals surface area contributed by atoms with Crippen LogP contribution in [0.3, 0.4) is 0 Å². The topological polar surface area (TPSA) is 181 Å². The van der Waals surface area contributed by atoms with Gasteiger partial charge < -0.3 is 25.1 Å². The quantitative estimate of drug-likeness (QED) is 0.184. The van der Waals surface area contributed by atoms with E-state index in [0.717, 1.165) is 89.2 Å². The smallest absolute Gasteiger partial charge is 0.256 e. The number of amides is 4. The van der Waals surface area contributed by atoms with Crippen molar-refractivity contribution in [1.82, 2.24) is 46.1 Å². The highest BCUT2D eigenvalue weighted by Crippen LogP contribution is 2.47. The van der Waals surface area contributed by atoms with Crippen molar-refractivity contribution in [3.63, 3.8) is 0 Å². The van der Waals surface area contributed by atoms with Crippen LogP contribution >= 0.6 is 0 Å². The fourth-order valence-electron chi connectivity index (χ4n) is 12.9. The van der Waals surface area contributed by atoms with Crippen molar-refractivity contribution in [2.45, 2.75) is 139 Å². The second-order valence-corrected chi connectivity index (χ2v) is 20.9. The number of imide groups is 1. The first-order chi connectivity index (χ1) is 32.0. The third-order valence-corrected chi connectivity index (χ3v) is 17.0. The molecule has 9 heterocycles. The molecule has 6 saturated heterocycles. The number of carbonyl (C=O) groups is 4. The second kappa shape index (κ2) is 17.8. The molecule has 1 aliphatic carbocycles. The fourth-order valence-corrected chi connectivity index (χ4v) is 12.9. The van der Waals surface area contributed by atoms with Crippen molar-refractivity contribution in [1.29, 1.82) is 0 Å². The van der Waals surface area contributed by atoms with Gasteiger partial charge in [-0.2, -0.15) is 5.01 Å². The number of pyridine rings is 1. The van der Waals surface area contributed by atoms with E-state index < -0.39 is 17.6 Å². The molecule has 1 aromatic heterocycles. The molecular weight excluding hydrogens is 837 g/mol. The SMILES string of the molecule is C[C@@]1(O)CC/C=C\CN2C(=O)C3CNC(Nc4ccc(N5CCN(C6CCC7(CC6)CCN(c6cnc8c(c6)C(=O)N(C6CCC(=O)NC6=O)C8)CC7)CC5)cc4)NC3N2C2CCCC1N2. The van der Waals surface area contributed by atoms with Gasteiger partial charge in [-0.05, 0) is 120 Å². The molecule has 354 valence electrons. The summed E-state index contributed by atoms with van der Waals surface area (Å²) >= 11 is 0. The Bertz CT molecular complexity index is 2200. The zero-order valence-electron chi connectivity index (χ0n) is 38.4. The molecule has 17 heteroatoms. The summed E-state index contributed by atoms with van der Waals surface area (Å²) in [4.78, 5) is 65.3. The van der Waals surface area contributed by atoms with Crippen LogP contribution in [0.5, 0.6) is 0 Å². The molecule has 4 amide bonds. The lowest BCUT2D eigenvalue weighted by Crippen LogP contribution is -2.69. The van der Waals surface area contributed by atoms with Gasteiger partial charge >= 0.3 is 0 Å². The summed E-state index contributed by atoms with van der Waals surface area (Å²) < 4.78 is 0. The first kappa shape index (κ1) is 43.9. The Morgan fingerprint density at radius 1 is 0.833 bits per heavy atom. The summed E-state index contributed by atoms with van der Waals surface area (Å²) in [7, 11) is 0. The Hall–Kier alpha value is -4.65. The number of aromatic nitrogens is 1. The number of hydrazine groups is 1. The highest BCUT2D eigenvalue weighted by Gasteiger charge is 2.53. The normalized spacial score (nSPS) is 33.8. The summed E-state index contributed by atoms with van der Waals surface area (Å²) in [5.41, 5.74) is 4.11. The number of nitrogens with zero attached hydrogens (tertiary/aromatic N) is 7. The molecule has 7 fully saturated rings. The molecule has 6 N–H and O–H groups in total. The lowest BCUT2D eigenvalue weighted by molar-refractivity contribution is -0.146. The molecule has 7 atom stereocenters. The number of hydrogen-bond donors (Lipinski definition) is 6. The van der Waals surface area contributed by atoms with Crippen molar-refractivity contribution < 1.29 is 24.3 Å². The van der Waals surface area contributed by atoms with Crippen LogP contribution in [0, 0.1) is 11.3 Å². The van der Waals surface area contributed by atoms with Gasteiger partial charge in [-0.3, -0.25) is 55.3 Å². The lowest BCUT2D eigenvalue weighted by Gasteiger charge is -2.49. The van der Waals surface area contributed by atoms with Crippen LogP contribution in [-0.2, 0) is 20.9 Å². The van der Waals surface area contributed by atoms with Gasteiger partial charge in [-0.25, -0.2) is 0 Å². The lowest BCUT2D eigenvalue weighted by atomic mass is 9.66. The Morgan fingerprint density at radius 3 is 2.38 bits per heavy atom. The molecule has 8 aliphatic heterocycles. The number of rotatable bonds is 6. The van der Waals surface area contributed by atoms with Gasteiger partial charge in [0.15, 0.2) is 0 Å². The predicted molar refractivity (Wildman–Crippen MR) is 250 cm³/mol. The van der Waals surface area contributed by atoms with Crippen LogP contribution in [0.25, 0.3) is 0 Å². The van der Waals surface area contributed by atoms with Crippen LogP contribution < -0.4 is 36.4 Å². The average Bonchev–Trinajstić information content (AvgIpc) is 3.80. The minimum absolute atomic E-state index is 0.0182. The molecule has 0 radical (unpaired) electrons. The standard InChI is InChI=1S/C49H68N12O5/c1-48(66)16-3-2-4-21-60-46(65)37-30-51-47(55-43(37)61(60)41-7-5-6-40(48)53-41)52-32-8-10-33(11-9-32)57-24-26-58(27-25-57)34-14-17-49(18-15-34)19-22-56(23-20-49)35-28-36-38(50-29-35)31-59(45(36)64)39-12-13-42(62)54-44(39)63/h2,4,8-11,28-29,34,37,39-41,43,47,51-53,55,66H,3,5-7,12-27,30-31H2,1H3,(H,54,62,63)/b4-2-/t37?,39?,40?,41?,43?,47?,48-/m1/s1. The molecule has 6 unspecified atom stereocenters. The van der Waals surface area contributed by atoms with E-state index >= 15 is 0 Å². The highest BCUT2D eigenvalue weighted by atomic mass is 16.3. The maximum absolute atomic E-state index is 13.8. The Balaban J connectivity index is 0.639. The second-order valence-electron chi connectivity index (χ2n) is 20.9. The number of fused-ring (bicyclic) bond motifs is 7. The highest BCUT2D eigenvalue weighted by molar-refractivity contribution is 6.05. The summed E-state index contributed by atoms with van der Waals surface area (Å²) in [6, 6.07) is 10.8. The number of nitrogens with one attached hydrogen (secondary N) is 5. The van der Waals surface area contributed by atoms with Crippen molar-refractivity contribution in [3.8, 4) is 0 Å². The molecule has 17 nitrogen and oxygen atoms in total. The third-order valence-electron chi connectivity index (χ3n) is 17.0. The number of piperazine rings is 1. The van der Waals surface area contributed by atoms with E-state index in [1.807, 2.05) is 24.2 Å². The number of carbonyl (C=O) groups excluding carboxylic acids is 4. The third kappa shape index (κ3) is 8.37. The van der Waals surface area contributed by atoms with Gasteiger partial charge in [0.05, 0.1) is 60.1 Å². The Kier molecular flexibility index (Phi) is 11.8. The zero-order valence-corrected chi connectivity index (χ0v) is 38.4. The molecular formula is C49H68N12O5. The van der Waals surface area contributed by atoms with Crippen LogP contribution in [0.15, 0.2) is 48.7 Å². The van der Waals surface area contributed by atoms with Gasteiger partial charge in [0.2, 0.25) is 17.7 Å². The molecule has 11 rings (SSSR count). The first-order valence-electron chi connectivity index (χ1n) is 25.0. The molecule has 66 heavy (non-hydrogen) atoms. The van der Waals surface area contributed by atoms with Crippen LogP contribution in [-0.4, -0.2) is 148 Å². The van der Waals surface area contributed by atoms with E-state index in [-0.39, 0.29) is 54.7 Å². The minimum Gasteiger partial charge on any atom is -0.389 e. The van der Waals surface area contributed by atoms with Gasteiger partial charge in [0.25, 0.3) is 5.91 Å². The minimum atomic E-state index is -0.807. The largest absolute Gasteiger partial charge is 0.389 e. The van der Waals surface area contributed by atoms with Crippen molar-refractivity contribution in [2.75, 3.05) is 67.5 Å². The van der Waals surface area contributed by atoms with E-state index in [9.17, 15) is 24.3 Å². The van der Waals surface area contributed by atoms with Crippen molar-refractivity contribution in [2.24, 2.45) is 11.3 Å². The van der Waals surface area contributed by atoms with E-state index in [2.05, 4.69) is 87.7 Å². The van der Waals surface area contributed by atoms with Gasteiger partial charge in [0.1, 0.15) is 12.3 Å². The molecule has 2 aromatic rings.